The van der Waals surface area contributed by atoms with E-state index in [1.807, 2.05) is 6.26 Å². The van der Waals surface area contributed by atoms with Crippen molar-refractivity contribution in [2.45, 2.75) is 39.0 Å². The van der Waals surface area contributed by atoms with Crippen LogP contribution in [0.15, 0.2) is 11.8 Å². The van der Waals surface area contributed by atoms with Gasteiger partial charge in [-0.3, -0.25) is 0 Å². The van der Waals surface area contributed by atoms with Crippen LogP contribution >= 0.6 is 0 Å². The van der Waals surface area contributed by atoms with E-state index in [0.717, 1.165) is 13.0 Å². The number of rotatable bonds is 3. The summed E-state index contributed by atoms with van der Waals surface area (Å²) in [5.41, 5.74) is 1.51. The van der Waals surface area contributed by atoms with E-state index < -0.39 is 0 Å². The van der Waals surface area contributed by atoms with E-state index in [1.165, 1.54) is 31.3 Å². The molecule has 0 aliphatic heterocycles. The summed E-state index contributed by atoms with van der Waals surface area (Å²) in [7, 11) is 0. The Bertz CT molecular complexity index is 108. The smallest absolute Gasteiger partial charge is 0.0870 e. The van der Waals surface area contributed by atoms with Crippen molar-refractivity contribution in [3.05, 3.63) is 11.8 Å². The molecule has 1 fully saturated rings. The van der Waals surface area contributed by atoms with Gasteiger partial charge in [0.25, 0.3) is 0 Å². The van der Waals surface area contributed by atoms with Gasteiger partial charge in [-0.1, -0.05) is 6.92 Å². The molecule has 1 rings (SSSR count). The predicted molar refractivity (Wildman–Crippen MR) is 42.8 cm³/mol. The Kier molecular flexibility index (Phi) is 3.34. The van der Waals surface area contributed by atoms with Crippen LogP contribution in [0.1, 0.15) is 39.0 Å². The van der Waals surface area contributed by atoms with Crippen LogP contribution in [0.5, 0.6) is 0 Å². The summed E-state index contributed by atoms with van der Waals surface area (Å²) >= 11 is 0. The van der Waals surface area contributed by atoms with E-state index in [0.29, 0.717) is 0 Å². The second-order valence-electron chi connectivity index (χ2n) is 2.85. The molecule has 1 saturated carbocycles. The van der Waals surface area contributed by atoms with Crippen molar-refractivity contribution in [3.8, 4) is 0 Å². The first-order chi connectivity index (χ1) is 4.93. The summed E-state index contributed by atoms with van der Waals surface area (Å²) < 4.78 is 5.30. The second-order valence-corrected chi connectivity index (χ2v) is 2.85. The van der Waals surface area contributed by atoms with Crippen molar-refractivity contribution in [2.75, 3.05) is 6.61 Å². The lowest BCUT2D eigenvalue weighted by Crippen LogP contribution is -1.84. The topological polar surface area (TPSA) is 9.23 Å². The predicted octanol–water partition coefficient (Wildman–Crippen LogP) is 2.87. The second kappa shape index (κ2) is 4.37. The maximum Gasteiger partial charge on any atom is 0.0870 e. The van der Waals surface area contributed by atoms with Crippen LogP contribution in [0, 0.1) is 0 Å². The molecule has 0 N–H and O–H groups in total. The van der Waals surface area contributed by atoms with Crippen LogP contribution in [0.4, 0.5) is 0 Å². The van der Waals surface area contributed by atoms with Crippen molar-refractivity contribution in [1.29, 1.82) is 0 Å². The molecule has 0 radical (unpaired) electrons. The number of allylic oxidation sites excluding steroid dienone is 1. The molecule has 0 aromatic carbocycles. The van der Waals surface area contributed by atoms with E-state index in [4.69, 9.17) is 4.74 Å². The molecule has 1 nitrogen and oxygen atoms in total. The highest BCUT2D eigenvalue weighted by Crippen LogP contribution is 2.23. The molecule has 0 atom stereocenters. The summed E-state index contributed by atoms with van der Waals surface area (Å²) in [5, 5.41) is 0. The molecule has 0 spiro atoms. The van der Waals surface area contributed by atoms with Gasteiger partial charge < -0.3 is 4.74 Å². The Morgan fingerprint density at radius 2 is 2.10 bits per heavy atom. The third kappa shape index (κ3) is 2.42. The SMILES string of the molecule is CCCOC=C1CCCC1. The minimum atomic E-state index is 0.878. The van der Waals surface area contributed by atoms with Crippen LogP contribution < -0.4 is 0 Å². The van der Waals surface area contributed by atoms with Gasteiger partial charge in [-0.25, -0.2) is 0 Å². The molecule has 1 aliphatic rings. The number of hydrogen-bond donors (Lipinski definition) is 0. The Hall–Kier alpha value is -0.460. The molecule has 0 saturated heterocycles. The van der Waals surface area contributed by atoms with E-state index >= 15 is 0 Å². The summed E-state index contributed by atoms with van der Waals surface area (Å²) in [6, 6.07) is 0. The standard InChI is InChI=1S/C9H16O/c1-2-7-10-8-9-5-3-4-6-9/h8H,2-7H2,1H3. The monoisotopic (exact) mass is 140 g/mol. The summed E-state index contributed by atoms with van der Waals surface area (Å²) in [4.78, 5) is 0. The molecule has 0 aromatic heterocycles. The van der Waals surface area contributed by atoms with Crippen molar-refractivity contribution in [2.24, 2.45) is 0 Å². The van der Waals surface area contributed by atoms with Crippen LogP contribution in [0.3, 0.4) is 0 Å². The lowest BCUT2D eigenvalue weighted by atomic mass is 10.3. The number of hydrogen-bond acceptors (Lipinski definition) is 1. The first kappa shape index (κ1) is 7.64. The third-order valence-corrected chi connectivity index (χ3v) is 1.82. The van der Waals surface area contributed by atoms with Gasteiger partial charge in [0.05, 0.1) is 12.9 Å². The first-order valence-electron chi connectivity index (χ1n) is 4.23. The number of ether oxygens (including phenoxy) is 1. The molecule has 0 aromatic rings. The lowest BCUT2D eigenvalue weighted by Gasteiger charge is -1.98. The molecule has 0 heterocycles. The van der Waals surface area contributed by atoms with Crippen molar-refractivity contribution < 1.29 is 4.74 Å². The van der Waals surface area contributed by atoms with E-state index in [2.05, 4.69) is 6.92 Å². The minimum absolute atomic E-state index is 0.878. The molecule has 1 aliphatic carbocycles. The quantitative estimate of drug-likeness (QED) is 0.432. The largest absolute Gasteiger partial charge is 0.501 e. The van der Waals surface area contributed by atoms with Gasteiger partial charge >= 0.3 is 0 Å². The van der Waals surface area contributed by atoms with Crippen LogP contribution in [0.2, 0.25) is 0 Å². The third-order valence-electron chi connectivity index (χ3n) is 1.82. The van der Waals surface area contributed by atoms with Gasteiger partial charge in [0.15, 0.2) is 0 Å². The minimum Gasteiger partial charge on any atom is -0.501 e. The molecule has 0 unspecified atom stereocenters. The zero-order chi connectivity index (χ0) is 7.23. The van der Waals surface area contributed by atoms with Gasteiger partial charge in [-0.05, 0) is 37.7 Å². The van der Waals surface area contributed by atoms with Gasteiger partial charge in [-0.15, -0.1) is 0 Å². The van der Waals surface area contributed by atoms with Gasteiger partial charge in [-0.2, -0.15) is 0 Å². The fourth-order valence-electron chi connectivity index (χ4n) is 1.24. The fourth-order valence-corrected chi connectivity index (χ4v) is 1.24. The van der Waals surface area contributed by atoms with Gasteiger partial charge in [0.1, 0.15) is 0 Å². The average molecular weight is 140 g/mol. The lowest BCUT2D eigenvalue weighted by molar-refractivity contribution is 0.246. The summed E-state index contributed by atoms with van der Waals surface area (Å²) in [6.45, 7) is 3.01. The van der Waals surface area contributed by atoms with E-state index in [-0.39, 0.29) is 0 Å². The van der Waals surface area contributed by atoms with Crippen molar-refractivity contribution >= 4 is 0 Å². The zero-order valence-corrected chi connectivity index (χ0v) is 6.73. The fraction of sp³-hybridized carbons (Fsp3) is 0.778. The highest BCUT2D eigenvalue weighted by atomic mass is 16.5. The molecule has 1 heteroatoms. The summed E-state index contributed by atoms with van der Waals surface area (Å²) in [5.74, 6) is 0. The Balaban J connectivity index is 2.12. The normalized spacial score (nSPS) is 17.5. The molecule has 0 amide bonds. The highest BCUT2D eigenvalue weighted by molar-refractivity contribution is 5.02. The summed E-state index contributed by atoms with van der Waals surface area (Å²) in [6.07, 6.45) is 8.34. The average Bonchev–Trinajstić information content (AvgIpc) is 2.41. The molecule has 10 heavy (non-hydrogen) atoms. The molecule has 0 bridgehead atoms. The van der Waals surface area contributed by atoms with Gasteiger partial charge in [0, 0.05) is 0 Å². The maximum absolute atomic E-state index is 5.30. The molecular formula is C9H16O. The van der Waals surface area contributed by atoms with Crippen molar-refractivity contribution in [1.82, 2.24) is 0 Å². The van der Waals surface area contributed by atoms with E-state index in [1.54, 1.807) is 0 Å². The van der Waals surface area contributed by atoms with E-state index in [9.17, 15) is 0 Å². The van der Waals surface area contributed by atoms with Gasteiger partial charge in [0.2, 0.25) is 0 Å². The Morgan fingerprint density at radius 1 is 1.40 bits per heavy atom. The van der Waals surface area contributed by atoms with Crippen LogP contribution in [-0.4, -0.2) is 6.61 Å². The molecular weight excluding hydrogens is 124 g/mol. The zero-order valence-electron chi connectivity index (χ0n) is 6.73. The molecule has 58 valence electrons. The Morgan fingerprint density at radius 3 is 2.70 bits per heavy atom. The van der Waals surface area contributed by atoms with Crippen LogP contribution in [-0.2, 0) is 4.74 Å². The van der Waals surface area contributed by atoms with Crippen LogP contribution in [0.25, 0.3) is 0 Å². The first-order valence-corrected chi connectivity index (χ1v) is 4.23. The highest BCUT2D eigenvalue weighted by Gasteiger charge is 2.05. The maximum atomic E-state index is 5.30. The van der Waals surface area contributed by atoms with Crippen molar-refractivity contribution in [3.63, 3.8) is 0 Å². The Labute approximate surface area is 63.1 Å².